The van der Waals surface area contributed by atoms with Gasteiger partial charge in [-0.1, -0.05) is 0 Å². The predicted octanol–water partition coefficient (Wildman–Crippen LogP) is 4.47. The number of thioether (sulfide) groups is 1. The highest BCUT2D eigenvalue weighted by Gasteiger charge is 2.12. The number of ether oxygens (including phenoxy) is 1. The predicted molar refractivity (Wildman–Crippen MR) is 87.9 cm³/mol. The van der Waals surface area contributed by atoms with Gasteiger partial charge in [0.15, 0.2) is 0 Å². The molecule has 3 nitrogen and oxygen atoms in total. The van der Waals surface area contributed by atoms with E-state index in [0.717, 1.165) is 23.6 Å². The first-order valence-corrected chi connectivity index (χ1v) is 8.27. The third-order valence-corrected chi connectivity index (χ3v) is 3.82. The van der Waals surface area contributed by atoms with Crippen molar-refractivity contribution in [1.29, 1.82) is 0 Å². The van der Waals surface area contributed by atoms with Crippen LogP contribution >= 0.6 is 11.8 Å². The lowest BCUT2D eigenvalue weighted by atomic mass is 10.1. The van der Waals surface area contributed by atoms with Crippen LogP contribution in [-0.2, 0) is 13.2 Å². The normalized spacial score (nSPS) is 11.6. The summed E-state index contributed by atoms with van der Waals surface area (Å²) in [5, 5.41) is 3.46. The molecule has 0 aliphatic carbocycles. The third kappa shape index (κ3) is 5.14. The number of nitrogens with one attached hydrogen (secondary N) is 1. The molecular formula is C17H23NO2S. The van der Waals surface area contributed by atoms with Crippen LogP contribution in [0.5, 0.6) is 5.75 Å². The second kappa shape index (κ2) is 7.05. The van der Waals surface area contributed by atoms with Crippen LogP contribution in [-0.4, -0.2) is 11.8 Å². The van der Waals surface area contributed by atoms with Gasteiger partial charge >= 0.3 is 0 Å². The van der Waals surface area contributed by atoms with Crippen molar-refractivity contribution in [3.8, 4) is 5.75 Å². The highest BCUT2D eigenvalue weighted by Crippen LogP contribution is 2.21. The minimum Gasteiger partial charge on any atom is -0.486 e. The fourth-order valence-electron chi connectivity index (χ4n) is 1.83. The van der Waals surface area contributed by atoms with Crippen molar-refractivity contribution in [2.45, 2.75) is 44.4 Å². The Labute approximate surface area is 131 Å². The molecule has 2 aromatic rings. The van der Waals surface area contributed by atoms with E-state index in [1.54, 1.807) is 18.0 Å². The quantitative estimate of drug-likeness (QED) is 0.799. The fourth-order valence-corrected chi connectivity index (χ4v) is 2.24. The van der Waals surface area contributed by atoms with Crippen LogP contribution in [0.25, 0.3) is 0 Å². The Morgan fingerprint density at radius 2 is 1.86 bits per heavy atom. The van der Waals surface area contributed by atoms with E-state index in [9.17, 15) is 0 Å². The average molecular weight is 305 g/mol. The van der Waals surface area contributed by atoms with Crippen LogP contribution in [0, 0.1) is 0 Å². The van der Waals surface area contributed by atoms with E-state index in [1.165, 1.54) is 4.90 Å². The molecule has 0 amide bonds. The lowest BCUT2D eigenvalue weighted by Crippen LogP contribution is -2.35. The molecule has 114 valence electrons. The van der Waals surface area contributed by atoms with Crippen molar-refractivity contribution in [3.05, 3.63) is 47.9 Å². The molecule has 0 atom stereocenters. The van der Waals surface area contributed by atoms with Crippen molar-refractivity contribution >= 4 is 11.8 Å². The molecule has 2 rings (SSSR count). The highest BCUT2D eigenvalue weighted by molar-refractivity contribution is 7.98. The van der Waals surface area contributed by atoms with Crippen LogP contribution in [0.1, 0.15) is 32.1 Å². The second-order valence-corrected chi connectivity index (χ2v) is 6.82. The van der Waals surface area contributed by atoms with Gasteiger partial charge in [0, 0.05) is 22.5 Å². The summed E-state index contributed by atoms with van der Waals surface area (Å²) in [5.74, 6) is 1.74. The smallest absolute Gasteiger partial charge is 0.146 e. The summed E-state index contributed by atoms with van der Waals surface area (Å²) < 4.78 is 11.3. The van der Waals surface area contributed by atoms with Crippen molar-refractivity contribution < 1.29 is 9.15 Å². The number of hydrogen-bond donors (Lipinski definition) is 1. The summed E-state index contributed by atoms with van der Waals surface area (Å²) in [6.45, 7) is 7.68. The maximum atomic E-state index is 5.79. The standard InChI is InChI=1S/C17H23NO2S/c1-17(2,3)18-11-13-9-10-19-16(13)12-20-14-5-7-15(21-4)8-6-14/h5-10,18H,11-12H2,1-4H3. The summed E-state index contributed by atoms with van der Waals surface area (Å²) in [6.07, 6.45) is 3.78. The Morgan fingerprint density at radius 3 is 2.48 bits per heavy atom. The van der Waals surface area contributed by atoms with Crippen LogP contribution < -0.4 is 10.1 Å². The number of furan rings is 1. The van der Waals surface area contributed by atoms with Gasteiger partial charge < -0.3 is 14.5 Å². The Morgan fingerprint density at radius 1 is 1.14 bits per heavy atom. The summed E-state index contributed by atoms with van der Waals surface area (Å²) in [6, 6.07) is 10.1. The van der Waals surface area contributed by atoms with Gasteiger partial charge in [-0.25, -0.2) is 0 Å². The Balaban J connectivity index is 1.92. The van der Waals surface area contributed by atoms with Crippen LogP contribution in [0.2, 0.25) is 0 Å². The molecule has 4 heteroatoms. The van der Waals surface area contributed by atoms with Crippen LogP contribution in [0.15, 0.2) is 45.9 Å². The number of hydrogen-bond acceptors (Lipinski definition) is 4. The molecule has 1 aromatic heterocycles. The van der Waals surface area contributed by atoms with Crippen LogP contribution in [0.4, 0.5) is 0 Å². The molecule has 0 bridgehead atoms. The van der Waals surface area contributed by atoms with Crippen molar-refractivity contribution in [3.63, 3.8) is 0 Å². The molecule has 0 spiro atoms. The molecule has 0 radical (unpaired) electrons. The minimum absolute atomic E-state index is 0.0864. The van der Waals surface area contributed by atoms with E-state index < -0.39 is 0 Å². The minimum atomic E-state index is 0.0864. The molecule has 0 aliphatic rings. The van der Waals surface area contributed by atoms with Crippen molar-refractivity contribution in [1.82, 2.24) is 5.32 Å². The zero-order chi connectivity index (χ0) is 15.3. The van der Waals surface area contributed by atoms with E-state index in [4.69, 9.17) is 9.15 Å². The zero-order valence-corrected chi connectivity index (χ0v) is 13.9. The molecule has 0 saturated carbocycles. The molecule has 1 heterocycles. The summed E-state index contributed by atoms with van der Waals surface area (Å²) in [5.41, 5.74) is 1.23. The molecule has 21 heavy (non-hydrogen) atoms. The first-order valence-electron chi connectivity index (χ1n) is 7.05. The molecular weight excluding hydrogens is 282 g/mol. The Hall–Kier alpha value is -1.39. The molecule has 1 N–H and O–H groups in total. The van der Waals surface area contributed by atoms with E-state index in [1.807, 2.05) is 18.2 Å². The third-order valence-electron chi connectivity index (χ3n) is 3.08. The van der Waals surface area contributed by atoms with Gasteiger partial charge in [-0.15, -0.1) is 11.8 Å². The van der Waals surface area contributed by atoms with Gasteiger partial charge in [-0.3, -0.25) is 0 Å². The van der Waals surface area contributed by atoms with Crippen molar-refractivity contribution in [2.24, 2.45) is 0 Å². The SMILES string of the molecule is CSc1ccc(OCc2occc2CNC(C)(C)C)cc1. The lowest BCUT2D eigenvalue weighted by Gasteiger charge is -2.20. The van der Waals surface area contributed by atoms with Gasteiger partial charge in [0.1, 0.15) is 18.1 Å². The largest absolute Gasteiger partial charge is 0.486 e. The molecule has 0 saturated heterocycles. The van der Waals surface area contributed by atoms with Gasteiger partial charge in [-0.05, 0) is 57.4 Å². The second-order valence-electron chi connectivity index (χ2n) is 5.94. The maximum absolute atomic E-state index is 5.79. The Kier molecular flexibility index (Phi) is 5.37. The first-order chi connectivity index (χ1) is 9.98. The van der Waals surface area contributed by atoms with E-state index in [0.29, 0.717) is 6.61 Å². The van der Waals surface area contributed by atoms with Gasteiger partial charge in [-0.2, -0.15) is 0 Å². The van der Waals surface area contributed by atoms with Crippen molar-refractivity contribution in [2.75, 3.05) is 6.26 Å². The summed E-state index contributed by atoms with van der Waals surface area (Å²) >= 11 is 1.72. The van der Waals surface area contributed by atoms with Gasteiger partial charge in [0.05, 0.1) is 6.26 Å². The number of rotatable bonds is 6. The topological polar surface area (TPSA) is 34.4 Å². The summed E-state index contributed by atoms with van der Waals surface area (Å²) in [4.78, 5) is 1.23. The van der Waals surface area contributed by atoms with E-state index >= 15 is 0 Å². The van der Waals surface area contributed by atoms with E-state index in [2.05, 4.69) is 44.5 Å². The zero-order valence-electron chi connectivity index (χ0n) is 13.1. The van der Waals surface area contributed by atoms with Crippen LogP contribution in [0.3, 0.4) is 0 Å². The molecule has 0 fully saturated rings. The van der Waals surface area contributed by atoms with Gasteiger partial charge in [0.2, 0.25) is 0 Å². The fraction of sp³-hybridized carbons (Fsp3) is 0.412. The molecule has 0 unspecified atom stereocenters. The maximum Gasteiger partial charge on any atom is 0.146 e. The first kappa shape index (κ1) is 16.0. The van der Waals surface area contributed by atoms with Gasteiger partial charge in [0.25, 0.3) is 0 Å². The number of benzene rings is 1. The molecule has 0 aliphatic heterocycles. The monoisotopic (exact) mass is 305 g/mol. The van der Waals surface area contributed by atoms with E-state index in [-0.39, 0.29) is 5.54 Å². The lowest BCUT2D eigenvalue weighted by molar-refractivity contribution is 0.267. The average Bonchev–Trinajstić information content (AvgIpc) is 2.90. The summed E-state index contributed by atoms with van der Waals surface area (Å²) in [7, 11) is 0. The highest BCUT2D eigenvalue weighted by atomic mass is 32.2. The Bertz CT molecular complexity index is 555. The molecule has 1 aromatic carbocycles.